The second kappa shape index (κ2) is 6.03. The van der Waals surface area contributed by atoms with E-state index in [0.717, 1.165) is 5.75 Å². The minimum atomic E-state index is -0.434. The second-order valence-electron chi connectivity index (χ2n) is 4.58. The standard InChI is InChI=1S/C14H23NO2/c1-5-14(16)13(15)8-12-9(2)6-11(17-4)7-10(12)3/h6-7,13-14,16H,5,8,15H2,1-4H3. The molecule has 0 radical (unpaired) electrons. The third-order valence-corrected chi connectivity index (χ3v) is 3.26. The number of hydrogen-bond acceptors (Lipinski definition) is 3. The first-order chi connectivity index (χ1) is 7.99. The molecule has 0 amide bonds. The van der Waals surface area contributed by atoms with Crippen molar-refractivity contribution in [2.75, 3.05) is 7.11 Å². The van der Waals surface area contributed by atoms with Crippen LogP contribution in [0.1, 0.15) is 30.0 Å². The van der Waals surface area contributed by atoms with Gasteiger partial charge in [0.1, 0.15) is 5.75 Å². The van der Waals surface area contributed by atoms with Gasteiger partial charge in [-0.2, -0.15) is 0 Å². The van der Waals surface area contributed by atoms with Gasteiger partial charge in [0.15, 0.2) is 0 Å². The molecule has 0 saturated heterocycles. The van der Waals surface area contributed by atoms with Crippen LogP contribution in [0.4, 0.5) is 0 Å². The molecule has 0 saturated carbocycles. The summed E-state index contributed by atoms with van der Waals surface area (Å²) in [6.45, 7) is 6.05. The molecule has 0 fully saturated rings. The monoisotopic (exact) mass is 237 g/mol. The average Bonchev–Trinajstić information content (AvgIpc) is 2.31. The van der Waals surface area contributed by atoms with Crippen LogP contribution in [0.3, 0.4) is 0 Å². The summed E-state index contributed by atoms with van der Waals surface area (Å²) in [6, 6.07) is 3.81. The van der Waals surface area contributed by atoms with E-state index in [2.05, 4.69) is 13.8 Å². The van der Waals surface area contributed by atoms with Crippen molar-refractivity contribution in [2.24, 2.45) is 5.73 Å². The molecule has 17 heavy (non-hydrogen) atoms. The maximum Gasteiger partial charge on any atom is 0.119 e. The molecule has 1 rings (SSSR count). The largest absolute Gasteiger partial charge is 0.497 e. The van der Waals surface area contributed by atoms with Gasteiger partial charge in [0.25, 0.3) is 0 Å². The highest BCUT2D eigenvalue weighted by Gasteiger charge is 2.16. The minimum absolute atomic E-state index is 0.203. The number of methoxy groups -OCH3 is 1. The van der Waals surface area contributed by atoms with E-state index in [4.69, 9.17) is 10.5 Å². The van der Waals surface area contributed by atoms with Crippen molar-refractivity contribution in [2.45, 2.75) is 45.8 Å². The molecule has 0 aliphatic heterocycles. The van der Waals surface area contributed by atoms with Gasteiger partial charge in [-0.1, -0.05) is 6.92 Å². The topological polar surface area (TPSA) is 55.5 Å². The van der Waals surface area contributed by atoms with Crippen LogP contribution in [0, 0.1) is 13.8 Å². The van der Waals surface area contributed by atoms with Gasteiger partial charge in [-0.3, -0.25) is 0 Å². The lowest BCUT2D eigenvalue weighted by Gasteiger charge is -2.20. The van der Waals surface area contributed by atoms with Gasteiger partial charge >= 0.3 is 0 Å². The second-order valence-corrected chi connectivity index (χ2v) is 4.58. The van der Waals surface area contributed by atoms with Crippen LogP contribution in [-0.4, -0.2) is 24.4 Å². The molecule has 0 aromatic heterocycles. The molecule has 0 heterocycles. The zero-order valence-electron chi connectivity index (χ0n) is 11.2. The highest BCUT2D eigenvalue weighted by atomic mass is 16.5. The van der Waals surface area contributed by atoms with Gasteiger partial charge in [-0.25, -0.2) is 0 Å². The quantitative estimate of drug-likeness (QED) is 0.823. The number of aliphatic hydroxyl groups is 1. The minimum Gasteiger partial charge on any atom is -0.497 e. The van der Waals surface area contributed by atoms with Crippen molar-refractivity contribution in [3.8, 4) is 5.75 Å². The lowest BCUT2D eigenvalue weighted by atomic mass is 9.93. The molecule has 0 aliphatic carbocycles. The average molecular weight is 237 g/mol. The predicted molar refractivity (Wildman–Crippen MR) is 70.4 cm³/mol. The summed E-state index contributed by atoms with van der Waals surface area (Å²) in [6.07, 6.45) is 0.961. The van der Waals surface area contributed by atoms with Crippen LogP contribution in [0.5, 0.6) is 5.75 Å². The van der Waals surface area contributed by atoms with Crippen molar-refractivity contribution >= 4 is 0 Å². The van der Waals surface area contributed by atoms with Crippen LogP contribution in [0.25, 0.3) is 0 Å². The van der Waals surface area contributed by atoms with Crippen LogP contribution < -0.4 is 10.5 Å². The number of hydrogen-bond donors (Lipinski definition) is 2. The van der Waals surface area contributed by atoms with Gasteiger partial charge in [-0.05, 0) is 55.5 Å². The van der Waals surface area contributed by atoms with Gasteiger partial charge in [0.05, 0.1) is 13.2 Å². The van der Waals surface area contributed by atoms with Crippen LogP contribution >= 0.6 is 0 Å². The highest BCUT2D eigenvalue weighted by Crippen LogP contribution is 2.23. The van der Waals surface area contributed by atoms with E-state index in [1.54, 1.807) is 7.11 Å². The third kappa shape index (κ3) is 3.45. The van der Waals surface area contributed by atoms with E-state index in [9.17, 15) is 5.11 Å². The first-order valence-electron chi connectivity index (χ1n) is 6.07. The maximum absolute atomic E-state index is 9.72. The molecule has 1 aromatic carbocycles. The fraction of sp³-hybridized carbons (Fsp3) is 0.571. The Bertz CT molecular complexity index is 353. The molecule has 1 aromatic rings. The fourth-order valence-electron chi connectivity index (χ4n) is 2.07. The fourth-order valence-corrected chi connectivity index (χ4v) is 2.07. The van der Waals surface area contributed by atoms with Crippen molar-refractivity contribution < 1.29 is 9.84 Å². The van der Waals surface area contributed by atoms with Gasteiger partial charge < -0.3 is 15.6 Å². The van der Waals surface area contributed by atoms with Crippen molar-refractivity contribution in [3.63, 3.8) is 0 Å². The number of aliphatic hydroxyl groups excluding tert-OH is 1. The number of rotatable bonds is 5. The number of ether oxygens (including phenoxy) is 1. The van der Waals surface area contributed by atoms with E-state index >= 15 is 0 Å². The first kappa shape index (κ1) is 14.0. The van der Waals surface area contributed by atoms with Crippen LogP contribution in [0.2, 0.25) is 0 Å². The van der Waals surface area contributed by atoms with E-state index in [-0.39, 0.29) is 6.04 Å². The summed E-state index contributed by atoms with van der Waals surface area (Å²) >= 11 is 0. The lowest BCUT2D eigenvalue weighted by Crippen LogP contribution is -2.36. The SMILES string of the molecule is CCC(O)C(N)Cc1c(C)cc(OC)cc1C. The maximum atomic E-state index is 9.72. The predicted octanol–water partition coefficient (Wildman–Crippen LogP) is 1.95. The number of benzene rings is 1. The molecule has 0 aliphatic rings. The number of nitrogens with two attached hydrogens (primary N) is 1. The molecule has 0 bridgehead atoms. The summed E-state index contributed by atoms with van der Waals surface area (Å²) in [5.74, 6) is 0.869. The summed E-state index contributed by atoms with van der Waals surface area (Å²) in [4.78, 5) is 0. The lowest BCUT2D eigenvalue weighted by molar-refractivity contribution is 0.140. The van der Waals surface area contributed by atoms with Gasteiger partial charge in [0, 0.05) is 6.04 Å². The van der Waals surface area contributed by atoms with Crippen molar-refractivity contribution in [1.82, 2.24) is 0 Å². The normalized spacial score (nSPS) is 14.5. The molecule has 0 spiro atoms. The Balaban J connectivity index is 2.91. The Labute approximate surface area is 104 Å². The molecule has 96 valence electrons. The Morgan fingerprint density at radius 2 is 1.82 bits per heavy atom. The Morgan fingerprint density at radius 3 is 2.24 bits per heavy atom. The molecule has 3 heteroatoms. The summed E-state index contributed by atoms with van der Waals surface area (Å²) in [5, 5.41) is 9.72. The Morgan fingerprint density at radius 1 is 1.29 bits per heavy atom. The Hall–Kier alpha value is -1.06. The number of aryl methyl sites for hydroxylation is 2. The van der Waals surface area contributed by atoms with Gasteiger partial charge in [-0.15, -0.1) is 0 Å². The zero-order chi connectivity index (χ0) is 13.0. The first-order valence-corrected chi connectivity index (χ1v) is 6.07. The Kier molecular flexibility index (Phi) is 4.97. The van der Waals surface area contributed by atoms with Crippen LogP contribution in [0.15, 0.2) is 12.1 Å². The molecule has 3 nitrogen and oxygen atoms in total. The van der Waals surface area contributed by atoms with Crippen LogP contribution in [-0.2, 0) is 6.42 Å². The molecule has 2 atom stereocenters. The van der Waals surface area contributed by atoms with E-state index < -0.39 is 6.10 Å². The zero-order valence-corrected chi connectivity index (χ0v) is 11.2. The third-order valence-electron chi connectivity index (χ3n) is 3.26. The molecular weight excluding hydrogens is 214 g/mol. The molecule has 2 unspecified atom stereocenters. The smallest absolute Gasteiger partial charge is 0.119 e. The van der Waals surface area contributed by atoms with E-state index in [1.807, 2.05) is 19.1 Å². The van der Waals surface area contributed by atoms with E-state index in [0.29, 0.717) is 12.8 Å². The summed E-state index contributed by atoms with van der Waals surface area (Å²) < 4.78 is 5.22. The van der Waals surface area contributed by atoms with Crippen molar-refractivity contribution in [1.29, 1.82) is 0 Å². The molecular formula is C14H23NO2. The van der Waals surface area contributed by atoms with E-state index in [1.165, 1.54) is 16.7 Å². The highest BCUT2D eigenvalue weighted by molar-refractivity contribution is 5.41. The summed E-state index contributed by atoms with van der Waals surface area (Å²) in [7, 11) is 1.67. The molecule has 3 N–H and O–H groups in total. The van der Waals surface area contributed by atoms with Gasteiger partial charge in [0.2, 0.25) is 0 Å². The summed E-state index contributed by atoms with van der Waals surface area (Å²) in [5.41, 5.74) is 9.53. The van der Waals surface area contributed by atoms with Crippen molar-refractivity contribution in [3.05, 3.63) is 28.8 Å².